The van der Waals surface area contributed by atoms with Gasteiger partial charge in [-0.3, -0.25) is 0 Å². The average molecular weight is 990 g/mol. The third-order valence-corrected chi connectivity index (χ3v) is 29.1. The molecule has 3 aliphatic rings. The van der Waals surface area contributed by atoms with Crippen molar-refractivity contribution >= 4 is 35.4 Å². The van der Waals surface area contributed by atoms with Crippen molar-refractivity contribution in [2.75, 3.05) is 0 Å². The Morgan fingerprint density at radius 1 is 0.483 bits per heavy atom. The first-order valence-corrected chi connectivity index (χ1v) is 28.1. The van der Waals surface area contributed by atoms with Gasteiger partial charge >= 0.3 is 361 Å². The van der Waals surface area contributed by atoms with E-state index in [0.29, 0.717) is 23.0 Å². The molecule has 0 spiro atoms. The first kappa shape index (κ1) is 40.9. The van der Waals surface area contributed by atoms with Gasteiger partial charge in [-0.2, -0.15) is 0 Å². The third-order valence-electron chi connectivity index (χ3n) is 12.4. The number of halogens is 6. The van der Waals surface area contributed by atoms with Gasteiger partial charge in [0.1, 0.15) is 0 Å². The predicted molar refractivity (Wildman–Crippen MR) is 233 cm³/mol. The summed E-state index contributed by atoms with van der Waals surface area (Å²) in [5.41, 5.74) is 9.27. The van der Waals surface area contributed by atoms with Crippen LogP contribution in [0.3, 0.4) is 0 Å². The molecule has 0 amide bonds. The summed E-state index contributed by atoms with van der Waals surface area (Å²) in [6.45, 7) is 8.81. The summed E-state index contributed by atoms with van der Waals surface area (Å²) in [5.74, 6) is 0.581. The molecule has 0 saturated carbocycles. The zero-order valence-corrected chi connectivity index (χ0v) is 39.0. The molecule has 0 N–H and O–H groups in total. The normalized spacial score (nSPS) is 17.1. The van der Waals surface area contributed by atoms with E-state index < -0.39 is 54.4 Å². The Bertz CT molecular complexity index is 2560. The molecule has 0 aromatic heterocycles. The fourth-order valence-electron chi connectivity index (χ4n) is 10.3. The SMILES string of the molecule is CC(C)CC1=Cc2c(-c3ccccc3C(F)(F)F)cccc2[CH]1[Hf]([c]1cccc2c1[SiH2]c1ccccc1-2)[CH]1C(CC(C)C)=Cc2c(-c3ccccc3C(F)(F)F)cccc21. The summed E-state index contributed by atoms with van der Waals surface area (Å²) in [7, 11) is -0.892. The Labute approximate surface area is 358 Å². The standard InChI is InChI=1S/2C20H18F3.C12H9Si.Hf/c2*1-13(2)10-14-11-15-6-5-8-16(18(15)12-14)17-7-3-4-9-19(17)20(21,22)23;1-3-7-11-9(5-1)10-6-2-4-8-12(10)13-11;/h2*3-9,11-13H,10H2,1-2H3;1-7H,13H2;. The van der Waals surface area contributed by atoms with Gasteiger partial charge in [-0.05, 0) is 0 Å². The molecule has 0 radical (unpaired) electrons. The quantitative estimate of drug-likeness (QED) is 0.0999. The van der Waals surface area contributed by atoms with Crippen LogP contribution in [0.2, 0.25) is 0 Å². The van der Waals surface area contributed by atoms with Crippen LogP contribution in [0.15, 0.2) is 139 Å². The predicted octanol–water partition coefficient (Wildman–Crippen LogP) is 12.8. The molecule has 8 heteroatoms. The van der Waals surface area contributed by atoms with Crippen molar-refractivity contribution in [3.8, 4) is 33.4 Å². The monoisotopic (exact) mass is 991 g/mol. The second kappa shape index (κ2) is 15.7. The fraction of sp³-hybridized carbons (Fsp3) is 0.231. The van der Waals surface area contributed by atoms with Gasteiger partial charge in [0.25, 0.3) is 0 Å². The van der Waals surface area contributed by atoms with E-state index in [-0.39, 0.29) is 18.5 Å². The number of rotatable bonds is 9. The third kappa shape index (κ3) is 7.25. The van der Waals surface area contributed by atoms with Crippen molar-refractivity contribution in [1.29, 1.82) is 0 Å². The van der Waals surface area contributed by atoms with Gasteiger partial charge in [-0.25, -0.2) is 0 Å². The number of allylic oxidation sites excluding steroid dienone is 2. The van der Waals surface area contributed by atoms with Gasteiger partial charge in [-0.15, -0.1) is 0 Å². The molecule has 9 rings (SSSR count). The average Bonchev–Trinajstić information content (AvgIpc) is 3.88. The molecule has 2 atom stereocenters. The summed E-state index contributed by atoms with van der Waals surface area (Å²) in [6, 6.07) is 39.1. The van der Waals surface area contributed by atoms with Crippen molar-refractivity contribution in [2.45, 2.75) is 60.2 Å². The van der Waals surface area contributed by atoms with E-state index in [1.165, 1.54) is 60.2 Å². The van der Waals surface area contributed by atoms with Crippen LogP contribution in [0.1, 0.15) is 81.3 Å². The van der Waals surface area contributed by atoms with E-state index >= 15 is 0 Å². The van der Waals surface area contributed by atoms with E-state index in [2.05, 4.69) is 94.4 Å². The molecule has 0 bridgehead atoms. The second-order valence-electron chi connectivity index (χ2n) is 17.3. The molecule has 0 saturated heterocycles. The summed E-state index contributed by atoms with van der Waals surface area (Å²) >= 11 is -3.65. The Kier molecular flexibility index (Phi) is 10.7. The van der Waals surface area contributed by atoms with Crippen LogP contribution in [0.5, 0.6) is 0 Å². The van der Waals surface area contributed by atoms with Gasteiger partial charge in [0.2, 0.25) is 0 Å². The van der Waals surface area contributed by atoms with Crippen molar-refractivity contribution in [1.82, 2.24) is 0 Å². The molecule has 6 aromatic carbocycles. The van der Waals surface area contributed by atoms with E-state index in [0.717, 1.165) is 35.1 Å². The number of alkyl halides is 6. The molecule has 2 aliphatic carbocycles. The van der Waals surface area contributed by atoms with Crippen LogP contribution in [0.4, 0.5) is 26.3 Å². The van der Waals surface area contributed by atoms with E-state index in [4.69, 9.17) is 0 Å². The van der Waals surface area contributed by atoms with Gasteiger partial charge in [0.15, 0.2) is 0 Å². The summed E-state index contributed by atoms with van der Waals surface area (Å²) in [4.78, 5) is 0. The van der Waals surface area contributed by atoms with E-state index in [1.54, 1.807) is 24.3 Å². The topological polar surface area (TPSA) is 0 Å². The number of fused-ring (bicyclic) bond motifs is 5. The van der Waals surface area contributed by atoms with Gasteiger partial charge < -0.3 is 0 Å². The first-order valence-electron chi connectivity index (χ1n) is 20.8. The fourth-order valence-corrected chi connectivity index (χ4v) is 29.6. The minimum absolute atomic E-state index is 0.00670. The zero-order valence-electron chi connectivity index (χ0n) is 34.0. The Hall–Kier alpha value is -4.53. The summed E-state index contributed by atoms with van der Waals surface area (Å²) in [5, 5.41) is 2.88. The Balaban J connectivity index is 1.33. The first-order chi connectivity index (χ1) is 28.7. The maximum atomic E-state index is 14.7. The van der Waals surface area contributed by atoms with Crippen molar-refractivity contribution in [2.24, 2.45) is 11.8 Å². The molecule has 60 heavy (non-hydrogen) atoms. The van der Waals surface area contributed by atoms with Gasteiger partial charge in [0, 0.05) is 0 Å². The van der Waals surface area contributed by atoms with Crippen LogP contribution < -0.4 is 13.7 Å². The Morgan fingerprint density at radius 2 is 0.900 bits per heavy atom. The number of hydrogen-bond acceptors (Lipinski definition) is 0. The van der Waals surface area contributed by atoms with Crippen molar-refractivity contribution in [3.63, 3.8) is 0 Å². The second-order valence-corrected chi connectivity index (χ2v) is 28.5. The van der Waals surface area contributed by atoms with E-state index in [1.807, 2.05) is 24.3 Å². The molecule has 6 aromatic rings. The van der Waals surface area contributed by atoms with Gasteiger partial charge in [0.05, 0.1) is 0 Å². The number of benzene rings is 6. The summed E-state index contributed by atoms with van der Waals surface area (Å²) in [6.07, 6.45) is -3.02. The molecule has 1 aliphatic heterocycles. The van der Waals surface area contributed by atoms with Crippen LogP contribution >= 0.6 is 0 Å². The molecule has 0 nitrogen and oxygen atoms in total. The Morgan fingerprint density at radius 3 is 1.38 bits per heavy atom. The van der Waals surface area contributed by atoms with Gasteiger partial charge in [-0.1, -0.05) is 0 Å². The van der Waals surface area contributed by atoms with Crippen LogP contribution in [-0.2, 0) is 33.8 Å². The molecular weight excluding hydrogens is 945 g/mol. The van der Waals surface area contributed by atoms with Crippen LogP contribution in [0.25, 0.3) is 45.5 Å². The van der Waals surface area contributed by atoms with Crippen LogP contribution in [-0.4, -0.2) is 9.52 Å². The van der Waals surface area contributed by atoms with Crippen LogP contribution in [0, 0.1) is 11.8 Å². The molecular formula is C52H45F6HfSi. The maximum absolute atomic E-state index is 14.7. The summed E-state index contributed by atoms with van der Waals surface area (Å²) < 4.78 is 89.5. The van der Waals surface area contributed by atoms with E-state index in [9.17, 15) is 26.3 Å². The van der Waals surface area contributed by atoms with Crippen molar-refractivity contribution < 1.29 is 47.8 Å². The minimum atomic E-state index is -4.53. The number of hydrogen-bond donors (Lipinski definition) is 0. The zero-order chi connectivity index (χ0) is 42.1. The molecule has 303 valence electrons. The molecule has 0 fully saturated rings. The van der Waals surface area contributed by atoms with Crippen molar-refractivity contribution in [3.05, 3.63) is 172 Å². The molecule has 1 heterocycles. The molecule has 2 unspecified atom stereocenters.